The van der Waals surface area contributed by atoms with Crippen molar-refractivity contribution in [2.45, 2.75) is 45.6 Å². The van der Waals surface area contributed by atoms with Crippen LogP contribution in [0.25, 0.3) is 0 Å². The van der Waals surface area contributed by atoms with Crippen molar-refractivity contribution < 1.29 is 4.74 Å². The molecule has 0 aliphatic carbocycles. The normalized spacial score (nSPS) is 12.4. The Bertz CT molecular complexity index is 294. The first-order valence-electron chi connectivity index (χ1n) is 6.68. The standard InChI is InChI=1S/C15H25NO/c1-4-5-6-7-12-17-15-10-8-14(9-11-15)13(2)16-3/h8-11,13,16H,4-7,12H2,1-3H3. The number of nitrogens with one attached hydrogen (secondary N) is 1. The predicted molar refractivity (Wildman–Crippen MR) is 73.6 cm³/mol. The van der Waals surface area contributed by atoms with Crippen LogP contribution < -0.4 is 10.1 Å². The van der Waals surface area contributed by atoms with E-state index in [-0.39, 0.29) is 0 Å². The van der Waals surface area contributed by atoms with Gasteiger partial charge in [-0.05, 0) is 38.1 Å². The van der Waals surface area contributed by atoms with Gasteiger partial charge < -0.3 is 10.1 Å². The van der Waals surface area contributed by atoms with Gasteiger partial charge in [-0.1, -0.05) is 38.3 Å². The molecule has 0 spiro atoms. The molecule has 0 saturated heterocycles. The number of unbranched alkanes of at least 4 members (excludes halogenated alkanes) is 3. The molecule has 0 amide bonds. The van der Waals surface area contributed by atoms with E-state index in [1.54, 1.807) is 0 Å². The smallest absolute Gasteiger partial charge is 0.119 e. The van der Waals surface area contributed by atoms with Gasteiger partial charge in [0.1, 0.15) is 5.75 Å². The van der Waals surface area contributed by atoms with Gasteiger partial charge in [0.2, 0.25) is 0 Å². The molecule has 1 aromatic rings. The lowest BCUT2D eigenvalue weighted by Gasteiger charge is -2.11. The second-order valence-corrected chi connectivity index (χ2v) is 4.49. The fourth-order valence-electron chi connectivity index (χ4n) is 1.74. The lowest BCUT2D eigenvalue weighted by atomic mass is 10.1. The van der Waals surface area contributed by atoms with Crippen molar-refractivity contribution in [2.75, 3.05) is 13.7 Å². The van der Waals surface area contributed by atoms with Crippen LogP contribution in [0.2, 0.25) is 0 Å². The van der Waals surface area contributed by atoms with Gasteiger partial charge in [0.05, 0.1) is 6.61 Å². The van der Waals surface area contributed by atoms with Crippen molar-refractivity contribution >= 4 is 0 Å². The van der Waals surface area contributed by atoms with Crippen LogP contribution in [0.3, 0.4) is 0 Å². The molecule has 2 heteroatoms. The minimum Gasteiger partial charge on any atom is -0.494 e. The summed E-state index contributed by atoms with van der Waals surface area (Å²) in [5.41, 5.74) is 1.30. The van der Waals surface area contributed by atoms with Gasteiger partial charge in [-0.3, -0.25) is 0 Å². The molecular weight excluding hydrogens is 210 g/mol. The number of hydrogen-bond acceptors (Lipinski definition) is 2. The van der Waals surface area contributed by atoms with Gasteiger partial charge in [0.15, 0.2) is 0 Å². The van der Waals surface area contributed by atoms with Gasteiger partial charge >= 0.3 is 0 Å². The van der Waals surface area contributed by atoms with E-state index in [9.17, 15) is 0 Å². The first-order valence-corrected chi connectivity index (χ1v) is 6.68. The van der Waals surface area contributed by atoms with Crippen molar-refractivity contribution in [3.05, 3.63) is 29.8 Å². The summed E-state index contributed by atoms with van der Waals surface area (Å²) in [4.78, 5) is 0. The van der Waals surface area contributed by atoms with E-state index in [2.05, 4.69) is 43.4 Å². The summed E-state index contributed by atoms with van der Waals surface area (Å²) in [5, 5.41) is 3.23. The van der Waals surface area contributed by atoms with Crippen LogP contribution in [0, 0.1) is 0 Å². The van der Waals surface area contributed by atoms with Gasteiger partial charge in [0, 0.05) is 6.04 Å². The zero-order chi connectivity index (χ0) is 12.5. The molecule has 0 radical (unpaired) electrons. The van der Waals surface area contributed by atoms with Gasteiger partial charge in [0.25, 0.3) is 0 Å². The predicted octanol–water partition coefficient (Wildman–Crippen LogP) is 3.93. The third-order valence-electron chi connectivity index (χ3n) is 3.08. The number of hydrogen-bond donors (Lipinski definition) is 1. The summed E-state index contributed by atoms with van der Waals surface area (Å²) in [6, 6.07) is 8.77. The maximum Gasteiger partial charge on any atom is 0.119 e. The van der Waals surface area contributed by atoms with E-state index in [0.29, 0.717) is 6.04 Å². The van der Waals surface area contributed by atoms with Gasteiger partial charge in [-0.15, -0.1) is 0 Å². The largest absolute Gasteiger partial charge is 0.494 e. The van der Waals surface area contributed by atoms with E-state index in [4.69, 9.17) is 4.74 Å². The van der Waals surface area contributed by atoms with Gasteiger partial charge in [-0.25, -0.2) is 0 Å². The molecule has 0 heterocycles. The van der Waals surface area contributed by atoms with Crippen LogP contribution in [0.15, 0.2) is 24.3 Å². The van der Waals surface area contributed by atoms with Crippen LogP contribution in [0.1, 0.15) is 51.1 Å². The Morgan fingerprint density at radius 1 is 1.12 bits per heavy atom. The molecule has 0 bridgehead atoms. The monoisotopic (exact) mass is 235 g/mol. The number of rotatable bonds is 8. The van der Waals surface area contributed by atoms with E-state index >= 15 is 0 Å². The summed E-state index contributed by atoms with van der Waals surface area (Å²) in [5.74, 6) is 0.980. The van der Waals surface area contributed by atoms with Crippen molar-refractivity contribution in [3.63, 3.8) is 0 Å². The molecule has 0 aliphatic heterocycles. The Balaban J connectivity index is 2.30. The summed E-state index contributed by atoms with van der Waals surface area (Å²) in [6.45, 7) is 5.21. The first-order chi connectivity index (χ1) is 8.27. The molecule has 1 rings (SSSR count). The summed E-state index contributed by atoms with van der Waals surface area (Å²) in [6.07, 6.45) is 5.01. The fourth-order valence-corrected chi connectivity index (χ4v) is 1.74. The quantitative estimate of drug-likeness (QED) is 0.689. The maximum atomic E-state index is 5.70. The zero-order valence-electron chi connectivity index (χ0n) is 11.3. The third-order valence-corrected chi connectivity index (χ3v) is 3.08. The van der Waals surface area contributed by atoms with Crippen molar-refractivity contribution in [1.29, 1.82) is 0 Å². The molecule has 1 unspecified atom stereocenters. The second kappa shape index (κ2) is 8.13. The lowest BCUT2D eigenvalue weighted by Crippen LogP contribution is -2.11. The Labute approximate surface area is 105 Å². The molecule has 0 aromatic heterocycles. The van der Waals surface area contributed by atoms with Crippen LogP contribution in [0.5, 0.6) is 5.75 Å². The molecule has 17 heavy (non-hydrogen) atoms. The van der Waals surface area contributed by atoms with Crippen molar-refractivity contribution in [1.82, 2.24) is 5.32 Å². The van der Waals surface area contributed by atoms with E-state index in [1.807, 2.05) is 7.05 Å². The van der Waals surface area contributed by atoms with Gasteiger partial charge in [-0.2, -0.15) is 0 Å². The Morgan fingerprint density at radius 2 is 1.82 bits per heavy atom. The highest BCUT2D eigenvalue weighted by Crippen LogP contribution is 2.17. The lowest BCUT2D eigenvalue weighted by molar-refractivity contribution is 0.305. The summed E-state index contributed by atoms with van der Waals surface area (Å²) >= 11 is 0. The average Bonchev–Trinajstić information content (AvgIpc) is 2.38. The highest BCUT2D eigenvalue weighted by atomic mass is 16.5. The van der Waals surface area contributed by atoms with Crippen LogP contribution in [-0.2, 0) is 0 Å². The van der Waals surface area contributed by atoms with E-state index in [1.165, 1.54) is 24.8 Å². The third kappa shape index (κ3) is 5.22. The summed E-state index contributed by atoms with van der Waals surface area (Å²) < 4.78 is 5.70. The van der Waals surface area contributed by atoms with Crippen molar-refractivity contribution in [3.8, 4) is 5.75 Å². The minimum absolute atomic E-state index is 0.397. The maximum absolute atomic E-state index is 5.70. The fraction of sp³-hybridized carbons (Fsp3) is 0.600. The first kappa shape index (κ1) is 14.0. The second-order valence-electron chi connectivity index (χ2n) is 4.49. The average molecular weight is 235 g/mol. The molecule has 96 valence electrons. The minimum atomic E-state index is 0.397. The Hall–Kier alpha value is -1.02. The molecule has 1 aromatic carbocycles. The van der Waals surface area contributed by atoms with Crippen molar-refractivity contribution in [2.24, 2.45) is 0 Å². The zero-order valence-corrected chi connectivity index (χ0v) is 11.3. The Kier molecular flexibility index (Phi) is 6.71. The topological polar surface area (TPSA) is 21.3 Å². The molecule has 2 nitrogen and oxygen atoms in total. The molecule has 0 aliphatic rings. The van der Waals surface area contributed by atoms with E-state index in [0.717, 1.165) is 18.8 Å². The molecular formula is C15H25NO. The van der Waals surface area contributed by atoms with Crippen LogP contribution in [0.4, 0.5) is 0 Å². The van der Waals surface area contributed by atoms with E-state index < -0.39 is 0 Å². The molecule has 0 saturated carbocycles. The number of benzene rings is 1. The molecule has 1 N–H and O–H groups in total. The van der Waals surface area contributed by atoms with Crippen LogP contribution >= 0.6 is 0 Å². The number of ether oxygens (including phenoxy) is 1. The Morgan fingerprint density at radius 3 is 2.41 bits per heavy atom. The molecule has 1 atom stereocenters. The summed E-state index contributed by atoms with van der Waals surface area (Å²) in [7, 11) is 1.98. The SMILES string of the molecule is CCCCCCOc1ccc(C(C)NC)cc1. The molecule has 0 fully saturated rings. The van der Waals surface area contributed by atoms with Crippen LogP contribution in [-0.4, -0.2) is 13.7 Å². The highest BCUT2D eigenvalue weighted by molar-refractivity contribution is 5.28. The highest BCUT2D eigenvalue weighted by Gasteiger charge is 2.01.